The Morgan fingerprint density at radius 2 is 2.16 bits per heavy atom. The first-order valence-corrected chi connectivity index (χ1v) is 8.81. The van der Waals surface area contributed by atoms with Crippen molar-refractivity contribution in [2.24, 2.45) is 5.10 Å². The number of morpholine rings is 1. The third-order valence-electron chi connectivity index (χ3n) is 3.68. The summed E-state index contributed by atoms with van der Waals surface area (Å²) in [5.41, 5.74) is 3.72. The standard InChI is InChI=1S/C17H26N4O3S/c1-3-24-16-12-14(4-5-15(16)22-2)13-19-20-17(25)18-6-7-21-8-10-23-11-9-21/h4-5,12-13H,3,6-11H2,1-2H3,(H2,18,20,25)/b19-13+. The number of ether oxygens (including phenoxy) is 3. The van der Waals surface area contributed by atoms with Crippen LogP contribution in [0.5, 0.6) is 11.5 Å². The molecule has 1 aromatic carbocycles. The molecule has 0 amide bonds. The van der Waals surface area contributed by atoms with Crippen LogP contribution in [0.4, 0.5) is 0 Å². The summed E-state index contributed by atoms with van der Waals surface area (Å²) in [5.74, 6) is 1.40. The number of hydrogen-bond donors (Lipinski definition) is 2. The summed E-state index contributed by atoms with van der Waals surface area (Å²) in [5, 5.41) is 7.80. The van der Waals surface area contributed by atoms with Gasteiger partial charge in [-0.15, -0.1) is 0 Å². The van der Waals surface area contributed by atoms with E-state index in [0.29, 0.717) is 23.2 Å². The summed E-state index contributed by atoms with van der Waals surface area (Å²) < 4.78 is 16.1. The zero-order chi connectivity index (χ0) is 17.9. The molecule has 0 saturated carbocycles. The van der Waals surface area contributed by atoms with E-state index >= 15 is 0 Å². The molecule has 0 unspecified atom stereocenters. The summed E-state index contributed by atoms with van der Waals surface area (Å²) in [4.78, 5) is 2.34. The van der Waals surface area contributed by atoms with Gasteiger partial charge in [-0.2, -0.15) is 5.10 Å². The van der Waals surface area contributed by atoms with Crippen LogP contribution in [0.1, 0.15) is 12.5 Å². The van der Waals surface area contributed by atoms with Gasteiger partial charge < -0.3 is 19.5 Å². The highest BCUT2D eigenvalue weighted by Gasteiger charge is 2.09. The SMILES string of the molecule is CCOc1cc(/C=N/NC(=S)NCCN2CCOCC2)ccc1OC. The normalized spacial score (nSPS) is 15.1. The Balaban J connectivity index is 1.73. The van der Waals surface area contributed by atoms with Gasteiger partial charge in [0, 0.05) is 26.2 Å². The van der Waals surface area contributed by atoms with Crippen molar-refractivity contribution < 1.29 is 14.2 Å². The Kier molecular flexibility index (Phi) is 8.44. The molecule has 1 fully saturated rings. The number of hydrogen-bond acceptors (Lipinski definition) is 6. The van der Waals surface area contributed by atoms with E-state index in [1.54, 1.807) is 13.3 Å². The van der Waals surface area contributed by atoms with E-state index in [-0.39, 0.29) is 0 Å². The molecule has 8 heteroatoms. The van der Waals surface area contributed by atoms with E-state index in [1.807, 2.05) is 25.1 Å². The first-order chi connectivity index (χ1) is 12.2. The molecule has 1 saturated heterocycles. The van der Waals surface area contributed by atoms with Gasteiger partial charge in [-0.25, -0.2) is 0 Å². The lowest BCUT2D eigenvalue weighted by Gasteiger charge is -2.26. The molecule has 1 aromatic rings. The lowest BCUT2D eigenvalue weighted by atomic mass is 10.2. The minimum atomic E-state index is 0.503. The fourth-order valence-electron chi connectivity index (χ4n) is 2.40. The van der Waals surface area contributed by atoms with E-state index in [1.165, 1.54) is 0 Å². The molecule has 0 aromatic heterocycles. The number of benzene rings is 1. The number of thiocarbonyl (C=S) groups is 1. The predicted octanol–water partition coefficient (Wildman–Crippen LogP) is 1.22. The molecule has 0 spiro atoms. The van der Waals surface area contributed by atoms with Gasteiger partial charge in [-0.05, 0) is 42.9 Å². The molecule has 1 heterocycles. The van der Waals surface area contributed by atoms with Crippen LogP contribution in [-0.2, 0) is 4.74 Å². The second-order valence-corrected chi connectivity index (χ2v) is 5.83. The molecule has 0 aliphatic carbocycles. The quantitative estimate of drug-likeness (QED) is 0.407. The zero-order valence-corrected chi connectivity index (χ0v) is 15.6. The number of methoxy groups -OCH3 is 1. The largest absolute Gasteiger partial charge is 0.493 e. The van der Waals surface area contributed by atoms with Crippen molar-refractivity contribution in [1.82, 2.24) is 15.6 Å². The Labute approximate surface area is 154 Å². The first-order valence-electron chi connectivity index (χ1n) is 8.40. The maximum atomic E-state index is 5.55. The van der Waals surface area contributed by atoms with E-state index in [9.17, 15) is 0 Å². The molecule has 25 heavy (non-hydrogen) atoms. The van der Waals surface area contributed by atoms with Gasteiger partial charge in [-0.3, -0.25) is 10.3 Å². The third-order valence-corrected chi connectivity index (χ3v) is 3.92. The molecule has 1 aliphatic rings. The Bertz CT molecular complexity index is 577. The first kappa shape index (κ1) is 19.4. The van der Waals surface area contributed by atoms with Crippen molar-refractivity contribution in [1.29, 1.82) is 0 Å². The van der Waals surface area contributed by atoms with E-state index in [0.717, 1.165) is 45.0 Å². The van der Waals surface area contributed by atoms with Gasteiger partial charge in [0.05, 0.1) is 33.1 Å². The lowest BCUT2D eigenvalue weighted by molar-refractivity contribution is 0.0389. The van der Waals surface area contributed by atoms with Crippen molar-refractivity contribution >= 4 is 23.5 Å². The van der Waals surface area contributed by atoms with E-state index in [4.69, 9.17) is 26.4 Å². The summed E-state index contributed by atoms with van der Waals surface area (Å²) in [6.07, 6.45) is 1.69. The fraction of sp³-hybridized carbons (Fsp3) is 0.529. The van der Waals surface area contributed by atoms with Crippen LogP contribution in [-0.4, -0.2) is 69.3 Å². The molecule has 138 valence electrons. The van der Waals surface area contributed by atoms with Crippen molar-refractivity contribution in [2.45, 2.75) is 6.92 Å². The van der Waals surface area contributed by atoms with Crippen LogP contribution >= 0.6 is 12.2 Å². The number of nitrogens with one attached hydrogen (secondary N) is 2. The van der Waals surface area contributed by atoms with Crippen LogP contribution in [0, 0.1) is 0 Å². The number of hydrazone groups is 1. The van der Waals surface area contributed by atoms with Crippen LogP contribution < -0.4 is 20.2 Å². The average molecular weight is 366 g/mol. The van der Waals surface area contributed by atoms with Gasteiger partial charge in [-0.1, -0.05) is 0 Å². The highest BCUT2D eigenvalue weighted by molar-refractivity contribution is 7.80. The minimum Gasteiger partial charge on any atom is -0.493 e. The maximum Gasteiger partial charge on any atom is 0.187 e. The topological polar surface area (TPSA) is 67.4 Å². The van der Waals surface area contributed by atoms with Crippen molar-refractivity contribution in [2.75, 3.05) is 53.1 Å². The molecule has 1 aliphatic heterocycles. The smallest absolute Gasteiger partial charge is 0.187 e. The van der Waals surface area contributed by atoms with Crippen LogP contribution in [0.15, 0.2) is 23.3 Å². The average Bonchev–Trinajstić information content (AvgIpc) is 2.63. The summed E-state index contributed by atoms with van der Waals surface area (Å²) in [6.45, 7) is 7.77. The molecule has 2 rings (SSSR count). The molecule has 0 bridgehead atoms. The van der Waals surface area contributed by atoms with Gasteiger partial charge in [0.2, 0.25) is 0 Å². The van der Waals surface area contributed by atoms with Gasteiger partial charge in [0.25, 0.3) is 0 Å². The molecule has 0 atom stereocenters. The second-order valence-electron chi connectivity index (χ2n) is 5.42. The van der Waals surface area contributed by atoms with Crippen LogP contribution in [0.2, 0.25) is 0 Å². The number of rotatable bonds is 8. The summed E-state index contributed by atoms with van der Waals surface area (Å²) >= 11 is 5.22. The maximum absolute atomic E-state index is 5.55. The zero-order valence-electron chi connectivity index (χ0n) is 14.8. The van der Waals surface area contributed by atoms with Gasteiger partial charge in [0.1, 0.15) is 0 Å². The minimum absolute atomic E-state index is 0.503. The summed E-state index contributed by atoms with van der Waals surface area (Å²) in [6, 6.07) is 5.63. The van der Waals surface area contributed by atoms with Crippen molar-refractivity contribution in [3.05, 3.63) is 23.8 Å². The fourth-order valence-corrected chi connectivity index (χ4v) is 2.55. The Hall–Kier alpha value is -1.90. The lowest BCUT2D eigenvalue weighted by Crippen LogP contribution is -2.42. The molecule has 0 radical (unpaired) electrons. The van der Waals surface area contributed by atoms with Crippen LogP contribution in [0.3, 0.4) is 0 Å². The summed E-state index contributed by atoms with van der Waals surface area (Å²) in [7, 11) is 1.62. The highest BCUT2D eigenvalue weighted by atomic mass is 32.1. The Morgan fingerprint density at radius 3 is 2.88 bits per heavy atom. The van der Waals surface area contributed by atoms with Crippen molar-refractivity contribution in [3.63, 3.8) is 0 Å². The van der Waals surface area contributed by atoms with E-state index in [2.05, 4.69) is 20.7 Å². The monoisotopic (exact) mass is 366 g/mol. The molecular formula is C17H26N4O3S. The molecule has 2 N–H and O–H groups in total. The Morgan fingerprint density at radius 1 is 1.36 bits per heavy atom. The van der Waals surface area contributed by atoms with Gasteiger partial charge >= 0.3 is 0 Å². The molecular weight excluding hydrogens is 340 g/mol. The third kappa shape index (κ3) is 6.85. The number of nitrogens with zero attached hydrogens (tertiary/aromatic N) is 2. The van der Waals surface area contributed by atoms with Crippen molar-refractivity contribution in [3.8, 4) is 11.5 Å². The highest BCUT2D eigenvalue weighted by Crippen LogP contribution is 2.27. The van der Waals surface area contributed by atoms with Gasteiger partial charge in [0.15, 0.2) is 16.6 Å². The van der Waals surface area contributed by atoms with E-state index < -0.39 is 0 Å². The molecule has 7 nitrogen and oxygen atoms in total. The predicted molar refractivity (Wildman–Crippen MR) is 103 cm³/mol. The van der Waals surface area contributed by atoms with Crippen LogP contribution in [0.25, 0.3) is 0 Å². The second kappa shape index (κ2) is 10.9.